The van der Waals surface area contributed by atoms with Crippen LogP contribution in [0.2, 0.25) is 0 Å². The maximum atomic E-state index is 11.0. The summed E-state index contributed by atoms with van der Waals surface area (Å²) in [6.07, 6.45) is 4.58. The number of anilines is 2. The number of thiocarbonyl (C=S) groups is 1. The van der Waals surface area contributed by atoms with Gasteiger partial charge in [-0.25, -0.2) is 4.79 Å². The molecule has 0 unspecified atom stereocenters. The van der Waals surface area contributed by atoms with Crippen molar-refractivity contribution in [3.63, 3.8) is 0 Å². The molecular formula is C14H19N3O2S2. The summed E-state index contributed by atoms with van der Waals surface area (Å²) in [6, 6.07) is 5.83. The molecule has 7 heteroatoms. The summed E-state index contributed by atoms with van der Waals surface area (Å²) in [4.78, 5) is 12.2. The van der Waals surface area contributed by atoms with Gasteiger partial charge in [0.1, 0.15) is 0 Å². The van der Waals surface area contributed by atoms with Gasteiger partial charge in [0.15, 0.2) is 5.11 Å². The molecule has 0 bridgehead atoms. The van der Waals surface area contributed by atoms with Crippen LogP contribution in [0, 0.1) is 0 Å². The first-order chi connectivity index (χ1) is 10.1. The third-order valence-electron chi connectivity index (χ3n) is 3.28. The lowest BCUT2D eigenvalue weighted by Crippen LogP contribution is -2.34. The number of nitrogens with one attached hydrogen (secondary N) is 2. The van der Waals surface area contributed by atoms with Crippen molar-refractivity contribution >= 4 is 46.6 Å². The third-order valence-corrected chi connectivity index (χ3v) is 4.81. The summed E-state index contributed by atoms with van der Waals surface area (Å²) in [6.45, 7) is 0. The highest BCUT2D eigenvalue weighted by molar-refractivity contribution is 8.00. The van der Waals surface area contributed by atoms with Crippen LogP contribution in [0.15, 0.2) is 23.1 Å². The van der Waals surface area contributed by atoms with Crippen molar-refractivity contribution in [2.45, 2.75) is 35.8 Å². The van der Waals surface area contributed by atoms with E-state index < -0.39 is 6.09 Å². The quantitative estimate of drug-likeness (QED) is 0.584. The van der Waals surface area contributed by atoms with Crippen LogP contribution in [0.5, 0.6) is 0 Å². The molecular weight excluding hydrogens is 306 g/mol. The molecule has 1 saturated carbocycles. The van der Waals surface area contributed by atoms with E-state index in [-0.39, 0.29) is 5.11 Å². The summed E-state index contributed by atoms with van der Waals surface area (Å²) >= 11 is 6.88. The fourth-order valence-corrected chi connectivity index (χ4v) is 3.71. The lowest BCUT2D eigenvalue weighted by atomic mass is 10.3. The molecule has 4 N–H and O–H groups in total. The van der Waals surface area contributed by atoms with Crippen molar-refractivity contribution in [1.82, 2.24) is 5.32 Å². The Labute approximate surface area is 134 Å². The number of alkyl carbamates (subject to hydrolysis) is 1. The van der Waals surface area contributed by atoms with E-state index in [1.54, 1.807) is 0 Å². The Balaban J connectivity index is 1.95. The number of ether oxygens (including phenoxy) is 1. The first kappa shape index (κ1) is 15.9. The summed E-state index contributed by atoms with van der Waals surface area (Å²) in [7, 11) is 1.28. The highest BCUT2D eigenvalue weighted by atomic mass is 32.2. The molecule has 0 atom stereocenters. The van der Waals surface area contributed by atoms with Gasteiger partial charge in [-0.05, 0) is 43.3 Å². The van der Waals surface area contributed by atoms with Crippen molar-refractivity contribution in [3.05, 3.63) is 18.2 Å². The smallest absolute Gasteiger partial charge is 0.413 e. The zero-order valence-corrected chi connectivity index (χ0v) is 13.5. The monoisotopic (exact) mass is 325 g/mol. The Kier molecular flexibility index (Phi) is 5.69. The number of hydrogen-bond donors (Lipinski definition) is 3. The Hall–Kier alpha value is -1.47. The molecule has 0 aliphatic heterocycles. The number of nitrogens with two attached hydrogens (primary N) is 1. The average Bonchev–Trinajstić information content (AvgIpc) is 2.94. The zero-order valence-electron chi connectivity index (χ0n) is 11.8. The SMILES string of the molecule is COC(=O)NC(=S)Nc1ccc(SC2CCCC2)cc1N. The lowest BCUT2D eigenvalue weighted by Gasteiger charge is -2.13. The first-order valence-electron chi connectivity index (χ1n) is 6.80. The number of benzene rings is 1. The Morgan fingerprint density at radius 2 is 2.14 bits per heavy atom. The Morgan fingerprint density at radius 3 is 2.76 bits per heavy atom. The molecule has 1 aromatic rings. The summed E-state index contributed by atoms with van der Waals surface area (Å²) < 4.78 is 4.47. The van der Waals surface area contributed by atoms with Crippen molar-refractivity contribution in [3.8, 4) is 0 Å². The Bertz CT molecular complexity index is 531. The van der Waals surface area contributed by atoms with Crippen LogP contribution >= 0.6 is 24.0 Å². The first-order valence-corrected chi connectivity index (χ1v) is 8.09. The van der Waals surface area contributed by atoms with Crippen molar-refractivity contribution < 1.29 is 9.53 Å². The molecule has 1 aromatic carbocycles. The van der Waals surface area contributed by atoms with E-state index in [9.17, 15) is 4.79 Å². The molecule has 1 aliphatic carbocycles. The number of carbonyl (C=O) groups excluding carboxylic acids is 1. The van der Waals surface area contributed by atoms with Gasteiger partial charge in [0.25, 0.3) is 0 Å². The van der Waals surface area contributed by atoms with Crippen molar-refractivity contribution in [2.75, 3.05) is 18.2 Å². The molecule has 1 fully saturated rings. The fraction of sp³-hybridized carbons (Fsp3) is 0.429. The normalized spacial score (nSPS) is 14.7. The number of carbonyl (C=O) groups is 1. The molecule has 2 rings (SSSR count). The van der Waals surface area contributed by atoms with Gasteiger partial charge in [-0.3, -0.25) is 5.32 Å². The summed E-state index contributed by atoms with van der Waals surface area (Å²) in [5, 5.41) is 6.12. The minimum absolute atomic E-state index is 0.157. The highest BCUT2D eigenvalue weighted by Gasteiger charge is 2.16. The number of rotatable bonds is 3. The van der Waals surface area contributed by atoms with Gasteiger partial charge in [-0.1, -0.05) is 12.8 Å². The maximum Gasteiger partial charge on any atom is 0.413 e. The van der Waals surface area contributed by atoms with Crippen molar-refractivity contribution in [1.29, 1.82) is 0 Å². The molecule has 5 nitrogen and oxygen atoms in total. The number of thioether (sulfide) groups is 1. The van der Waals surface area contributed by atoms with Crippen LogP contribution in [0.4, 0.5) is 16.2 Å². The minimum Gasteiger partial charge on any atom is -0.453 e. The number of amides is 1. The third kappa shape index (κ3) is 4.78. The molecule has 0 radical (unpaired) electrons. The van der Waals surface area contributed by atoms with E-state index in [1.165, 1.54) is 32.8 Å². The molecule has 0 saturated heterocycles. The molecule has 0 aromatic heterocycles. The van der Waals surface area contributed by atoms with E-state index in [1.807, 2.05) is 30.0 Å². The minimum atomic E-state index is -0.612. The predicted octanol–water partition coefficient (Wildman–Crippen LogP) is 3.36. The second-order valence-electron chi connectivity index (χ2n) is 4.84. The molecule has 0 heterocycles. The van der Waals surface area contributed by atoms with E-state index in [4.69, 9.17) is 18.0 Å². The largest absolute Gasteiger partial charge is 0.453 e. The second-order valence-corrected chi connectivity index (χ2v) is 6.63. The van der Waals surface area contributed by atoms with Gasteiger partial charge in [-0.2, -0.15) is 0 Å². The molecule has 1 aliphatic rings. The van der Waals surface area contributed by atoms with Crippen LogP contribution in [-0.2, 0) is 4.74 Å². The van der Waals surface area contributed by atoms with Crippen molar-refractivity contribution in [2.24, 2.45) is 0 Å². The summed E-state index contributed by atoms with van der Waals surface area (Å²) in [5.74, 6) is 0. The topological polar surface area (TPSA) is 76.4 Å². The lowest BCUT2D eigenvalue weighted by molar-refractivity contribution is 0.177. The van der Waals surface area contributed by atoms with Gasteiger partial charge >= 0.3 is 6.09 Å². The fourth-order valence-electron chi connectivity index (χ4n) is 2.22. The highest BCUT2D eigenvalue weighted by Crippen LogP contribution is 2.36. The van der Waals surface area contributed by atoms with E-state index >= 15 is 0 Å². The zero-order chi connectivity index (χ0) is 15.2. The summed E-state index contributed by atoms with van der Waals surface area (Å²) in [5.41, 5.74) is 7.30. The van der Waals surface area contributed by atoms with Crippen LogP contribution in [0.1, 0.15) is 25.7 Å². The van der Waals surface area contributed by atoms with Gasteiger partial charge < -0.3 is 15.8 Å². The molecule has 21 heavy (non-hydrogen) atoms. The van der Waals surface area contributed by atoms with Crippen LogP contribution in [0.25, 0.3) is 0 Å². The number of hydrogen-bond acceptors (Lipinski definition) is 5. The second kappa shape index (κ2) is 7.51. The average molecular weight is 325 g/mol. The number of nitrogen functional groups attached to an aromatic ring is 1. The van der Waals surface area contributed by atoms with E-state index in [0.717, 1.165) is 4.90 Å². The molecule has 1 amide bonds. The van der Waals surface area contributed by atoms with Crippen LogP contribution < -0.4 is 16.4 Å². The molecule has 114 valence electrons. The molecule has 0 spiro atoms. The van der Waals surface area contributed by atoms with Gasteiger partial charge in [0.05, 0.1) is 18.5 Å². The van der Waals surface area contributed by atoms with Crippen LogP contribution in [0.3, 0.4) is 0 Å². The van der Waals surface area contributed by atoms with Gasteiger partial charge in [-0.15, -0.1) is 11.8 Å². The number of methoxy groups -OCH3 is 1. The maximum absolute atomic E-state index is 11.0. The van der Waals surface area contributed by atoms with E-state index in [2.05, 4.69) is 15.4 Å². The van der Waals surface area contributed by atoms with E-state index in [0.29, 0.717) is 16.6 Å². The standard InChI is InChI=1S/C14H19N3O2S2/c1-19-14(18)17-13(20)16-12-7-6-10(8-11(12)15)21-9-4-2-3-5-9/h6-9H,2-5,15H2,1H3,(H2,16,17,18,20). The van der Waals surface area contributed by atoms with Gasteiger partial charge in [0.2, 0.25) is 0 Å². The van der Waals surface area contributed by atoms with Crippen LogP contribution in [-0.4, -0.2) is 23.6 Å². The van der Waals surface area contributed by atoms with Gasteiger partial charge in [0, 0.05) is 10.1 Å². The predicted molar refractivity (Wildman–Crippen MR) is 90.7 cm³/mol. The Morgan fingerprint density at radius 1 is 1.43 bits per heavy atom.